The monoisotopic (exact) mass is 529 g/mol. The second kappa shape index (κ2) is 10.3. The van der Waals surface area contributed by atoms with Gasteiger partial charge in [0.25, 0.3) is 0 Å². The SMILES string of the molecule is CC1=Nc2c(Nc3ccc(C4CCCO4)cc3S(C)(=O)=O)cc(Cc3ccc(C(C)C)c(C#N)n3)nc2C1. The van der Waals surface area contributed by atoms with Crippen LogP contribution >= 0.6 is 0 Å². The second-order valence-electron chi connectivity index (χ2n) is 10.3. The number of nitrogens with zero attached hydrogens (tertiary/aromatic N) is 4. The first kappa shape index (κ1) is 26.0. The molecule has 1 N–H and O–H groups in total. The minimum absolute atomic E-state index is 0.0820. The van der Waals surface area contributed by atoms with Crippen LogP contribution in [0.25, 0.3) is 0 Å². The molecule has 1 aromatic carbocycles. The summed E-state index contributed by atoms with van der Waals surface area (Å²) in [7, 11) is -3.52. The Morgan fingerprint density at radius 3 is 2.63 bits per heavy atom. The highest BCUT2D eigenvalue weighted by atomic mass is 32.2. The van der Waals surface area contributed by atoms with Gasteiger partial charge in [0.05, 0.1) is 28.1 Å². The fourth-order valence-electron chi connectivity index (χ4n) is 5.04. The Morgan fingerprint density at radius 2 is 1.95 bits per heavy atom. The summed E-state index contributed by atoms with van der Waals surface area (Å²) in [6.07, 6.45) is 4.04. The number of aliphatic imine (C=N–C) groups is 1. The third-order valence-corrected chi connectivity index (χ3v) is 8.03. The zero-order valence-corrected chi connectivity index (χ0v) is 22.9. The van der Waals surface area contributed by atoms with E-state index >= 15 is 0 Å². The van der Waals surface area contributed by atoms with Gasteiger partial charge in [0.1, 0.15) is 17.5 Å². The van der Waals surface area contributed by atoms with Crippen molar-refractivity contribution >= 4 is 32.6 Å². The maximum atomic E-state index is 12.8. The van der Waals surface area contributed by atoms with Gasteiger partial charge in [0, 0.05) is 42.8 Å². The van der Waals surface area contributed by atoms with Crippen LogP contribution in [0.15, 0.2) is 46.3 Å². The van der Waals surface area contributed by atoms with E-state index in [9.17, 15) is 13.7 Å². The van der Waals surface area contributed by atoms with Gasteiger partial charge >= 0.3 is 0 Å². The zero-order chi connectivity index (χ0) is 27.0. The minimum atomic E-state index is -3.52. The molecule has 38 heavy (non-hydrogen) atoms. The van der Waals surface area contributed by atoms with Gasteiger partial charge < -0.3 is 10.1 Å². The summed E-state index contributed by atoms with van der Waals surface area (Å²) in [5.41, 5.74) is 7.40. The van der Waals surface area contributed by atoms with E-state index in [1.54, 1.807) is 12.1 Å². The fourth-order valence-corrected chi connectivity index (χ4v) is 5.91. The number of nitriles is 1. The third kappa shape index (κ3) is 5.33. The smallest absolute Gasteiger partial charge is 0.177 e. The van der Waals surface area contributed by atoms with Crippen molar-refractivity contribution in [1.82, 2.24) is 9.97 Å². The lowest BCUT2D eigenvalue weighted by molar-refractivity contribution is 0.112. The van der Waals surface area contributed by atoms with E-state index in [1.165, 1.54) is 6.26 Å². The molecule has 0 saturated carbocycles. The van der Waals surface area contributed by atoms with Gasteiger partial charge in [0.15, 0.2) is 9.84 Å². The van der Waals surface area contributed by atoms with Gasteiger partial charge in [-0.3, -0.25) is 9.98 Å². The van der Waals surface area contributed by atoms with E-state index in [-0.39, 0.29) is 16.9 Å². The molecular weight excluding hydrogens is 498 g/mol. The van der Waals surface area contributed by atoms with E-state index in [0.717, 1.165) is 52.4 Å². The van der Waals surface area contributed by atoms with Crippen LogP contribution in [-0.2, 0) is 27.4 Å². The molecule has 2 aliphatic rings. The number of nitrogens with one attached hydrogen (secondary N) is 1. The Labute approximate surface area is 223 Å². The number of ether oxygens (including phenoxy) is 1. The average molecular weight is 530 g/mol. The first-order valence-electron chi connectivity index (χ1n) is 12.8. The normalized spacial score (nSPS) is 16.8. The van der Waals surface area contributed by atoms with Crippen LogP contribution in [-0.4, -0.2) is 37.0 Å². The standard InChI is InChI=1S/C29H31N5O3S/c1-17(2)22-9-8-20(32-26(22)16-30)14-21-15-25(29-24(33-21)12-18(3)31-29)34-23-10-7-19(27-6-5-11-37-27)13-28(23)38(4,35)36/h7-10,13,15,17,27H,5-6,11-12,14H2,1-4H3,(H,33,34). The van der Waals surface area contributed by atoms with Crippen LogP contribution in [0, 0.1) is 11.3 Å². The number of benzene rings is 1. The third-order valence-electron chi connectivity index (χ3n) is 6.89. The van der Waals surface area contributed by atoms with E-state index in [2.05, 4.69) is 16.4 Å². The molecule has 0 radical (unpaired) electrons. The lowest BCUT2D eigenvalue weighted by Gasteiger charge is -2.17. The summed E-state index contributed by atoms with van der Waals surface area (Å²) in [4.78, 5) is 14.3. The van der Waals surface area contributed by atoms with Gasteiger partial charge in [-0.15, -0.1) is 0 Å². The van der Waals surface area contributed by atoms with E-state index in [4.69, 9.17) is 14.7 Å². The molecule has 4 heterocycles. The van der Waals surface area contributed by atoms with Gasteiger partial charge in [-0.2, -0.15) is 5.26 Å². The Balaban J connectivity index is 1.52. The number of rotatable bonds is 7. The number of hydrogen-bond donors (Lipinski definition) is 1. The van der Waals surface area contributed by atoms with Crippen LogP contribution in [0.1, 0.15) is 79.5 Å². The molecule has 196 valence electrons. The molecule has 2 aromatic heterocycles. The molecule has 9 heteroatoms. The second-order valence-corrected chi connectivity index (χ2v) is 12.3. The molecule has 5 rings (SSSR count). The topological polar surface area (TPSA) is 117 Å². The van der Waals surface area contributed by atoms with Crippen molar-refractivity contribution in [2.24, 2.45) is 4.99 Å². The van der Waals surface area contributed by atoms with Crippen molar-refractivity contribution in [3.05, 3.63) is 70.3 Å². The number of aromatic nitrogens is 2. The van der Waals surface area contributed by atoms with Crippen molar-refractivity contribution < 1.29 is 13.2 Å². The predicted molar refractivity (Wildman–Crippen MR) is 147 cm³/mol. The molecule has 2 aliphatic heterocycles. The van der Waals surface area contributed by atoms with E-state index in [1.807, 2.05) is 45.0 Å². The van der Waals surface area contributed by atoms with Crippen molar-refractivity contribution in [3.63, 3.8) is 0 Å². The highest BCUT2D eigenvalue weighted by Crippen LogP contribution is 2.39. The van der Waals surface area contributed by atoms with E-state index in [0.29, 0.717) is 36.5 Å². The number of sulfone groups is 1. The number of anilines is 2. The maximum Gasteiger partial charge on any atom is 0.177 e. The number of hydrogen-bond acceptors (Lipinski definition) is 8. The highest BCUT2D eigenvalue weighted by molar-refractivity contribution is 7.90. The molecule has 3 aromatic rings. The number of fused-ring (bicyclic) bond motifs is 1. The zero-order valence-electron chi connectivity index (χ0n) is 22.1. The summed E-state index contributed by atoms with van der Waals surface area (Å²) in [6.45, 7) is 6.72. The summed E-state index contributed by atoms with van der Waals surface area (Å²) in [5.74, 6) is 0.205. The molecule has 1 atom stereocenters. The summed E-state index contributed by atoms with van der Waals surface area (Å²) in [6, 6.07) is 13.4. The summed E-state index contributed by atoms with van der Waals surface area (Å²) < 4.78 is 31.3. The Hall–Kier alpha value is -3.61. The molecule has 1 saturated heterocycles. The first-order chi connectivity index (χ1) is 18.1. The first-order valence-corrected chi connectivity index (χ1v) is 14.7. The molecule has 0 amide bonds. The van der Waals surface area contributed by atoms with Crippen molar-refractivity contribution in [3.8, 4) is 6.07 Å². The van der Waals surface area contributed by atoms with Crippen molar-refractivity contribution in [2.45, 2.75) is 63.4 Å². The molecule has 0 aliphatic carbocycles. The van der Waals surface area contributed by atoms with Gasteiger partial charge in [0.2, 0.25) is 0 Å². The largest absolute Gasteiger partial charge is 0.374 e. The van der Waals surface area contributed by atoms with Gasteiger partial charge in [-0.05, 0) is 61.1 Å². The number of pyridine rings is 2. The molecule has 0 spiro atoms. The molecule has 1 unspecified atom stereocenters. The fraction of sp³-hybridized carbons (Fsp3) is 0.379. The Kier molecular flexibility index (Phi) is 7.03. The Bertz CT molecular complexity index is 1580. The summed E-state index contributed by atoms with van der Waals surface area (Å²) >= 11 is 0. The minimum Gasteiger partial charge on any atom is -0.374 e. The quantitative estimate of drug-likeness (QED) is 0.416. The summed E-state index contributed by atoms with van der Waals surface area (Å²) in [5, 5.41) is 12.9. The highest BCUT2D eigenvalue weighted by Gasteiger charge is 2.24. The van der Waals surface area contributed by atoms with Crippen molar-refractivity contribution in [1.29, 1.82) is 5.26 Å². The van der Waals surface area contributed by atoms with Crippen LogP contribution in [0.3, 0.4) is 0 Å². The van der Waals surface area contributed by atoms with Crippen LogP contribution in [0.2, 0.25) is 0 Å². The molecular formula is C29H31N5O3S. The lowest BCUT2D eigenvalue weighted by Crippen LogP contribution is -2.07. The Morgan fingerprint density at radius 1 is 1.13 bits per heavy atom. The van der Waals surface area contributed by atoms with Crippen LogP contribution in [0.5, 0.6) is 0 Å². The molecule has 1 fully saturated rings. The lowest BCUT2D eigenvalue weighted by atomic mass is 10.0. The van der Waals surface area contributed by atoms with Crippen LogP contribution < -0.4 is 5.32 Å². The van der Waals surface area contributed by atoms with Gasteiger partial charge in [-0.25, -0.2) is 13.4 Å². The van der Waals surface area contributed by atoms with Gasteiger partial charge in [-0.1, -0.05) is 26.0 Å². The predicted octanol–water partition coefficient (Wildman–Crippen LogP) is 5.71. The molecule has 0 bridgehead atoms. The van der Waals surface area contributed by atoms with E-state index < -0.39 is 9.84 Å². The molecule has 8 nitrogen and oxygen atoms in total. The average Bonchev–Trinajstić information content (AvgIpc) is 3.53. The van der Waals surface area contributed by atoms with Crippen molar-refractivity contribution in [2.75, 3.05) is 18.2 Å². The maximum absolute atomic E-state index is 12.8. The van der Waals surface area contributed by atoms with Crippen LogP contribution in [0.4, 0.5) is 17.1 Å².